The molecule has 1 heteroatoms. The quantitative estimate of drug-likeness (QED) is 0.602. The van der Waals surface area contributed by atoms with Crippen molar-refractivity contribution in [2.24, 2.45) is 17.6 Å². The van der Waals surface area contributed by atoms with Gasteiger partial charge in [0.1, 0.15) is 0 Å². The molecule has 0 amide bonds. The maximum absolute atomic E-state index is 5.84. The van der Waals surface area contributed by atoms with Gasteiger partial charge >= 0.3 is 0 Å². The molecule has 3 atom stereocenters. The van der Waals surface area contributed by atoms with E-state index in [2.05, 4.69) is 13.8 Å². The molecule has 1 nitrogen and oxygen atoms in total. The molecule has 0 bridgehead atoms. The number of hydrogen-bond acceptors (Lipinski definition) is 1. The monoisotopic (exact) mass is 183 g/mol. The third-order valence-electron chi connectivity index (χ3n) is 3.33. The first-order valence-electron chi connectivity index (χ1n) is 6.01. The fourth-order valence-electron chi connectivity index (χ4n) is 2.26. The molecule has 0 spiro atoms. The molecule has 1 saturated carbocycles. The Labute approximate surface area is 83.1 Å². The summed E-state index contributed by atoms with van der Waals surface area (Å²) in [5.41, 5.74) is 5.84. The zero-order valence-electron chi connectivity index (χ0n) is 9.26. The third kappa shape index (κ3) is 4.12. The van der Waals surface area contributed by atoms with Gasteiger partial charge in [0.2, 0.25) is 0 Å². The molecule has 0 saturated heterocycles. The largest absolute Gasteiger partial charge is 0.328 e. The van der Waals surface area contributed by atoms with E-state index in [1.165, 1.54) is 44.9 Å². The fourth-order valence-corrected chi connectivity index (χ4v) is 2.26. The Morgan fingerprint density at radius 2 is 1.92 bits per heavy atom. The number of unbranched alkanes of at least 4 members (excludes halogenated alkanes) is 4. The molecule has 0 aromatic rings. The topological polar surface area (TPSA) is 26.0 Å². The standard InChI is InChI=1S/C12H25N/c1-3-4-5-6-7-8-11-9-12(11)10(2)13/h10-12H,3-9,13H2,1-2H3. The van der Waals surface area contributed by atoms with Gasteiger partial charge in [0, 0.05) is 6.04 Å². The van der Waals surface area contributed by atoms with Gasteiger partial charge in [-0.05, 0) is 25.2 Å². The van der Waals surface area contributed by atoms with Crippen LogP contribution in [0.3, 0.4) is 0 Å². The molecule has 1 aliphatic rings. The van der Waals surface area contributed by atoms with E-state index in [9.17, 15) is 0 Å². The molecular formula is C12H25N. The molecule has 0 aromatic heterocycles. The molecule has 1 rings (SSSR count). The van der Waals surface area contributed by atoms with E-state index >= 15 is 0 Å². The zero-order valence-corrected chi connectivity index (χ0v) is 9.26. The van der Waals surface area contributed by atoms with E-state index in [1.54, 1.807) is 0 Å². The van der Waals surface area contributed by atoms with Crippen LogP contribution in [0, 0.1) is 11.8 Å². The molecule has 1 fully saturated rings. The minimum atomic E-state index is 0.445. The first-order chi connectivity index (χ1) is 6.25. The van der Waals surface area contributed by atoms with Gasteiger partial charge in [-0.2, -0.15) is 0 Å². The lowest BCUT2D eigenvalue weighted by molar-refractivity contribution is 0.525. The second-order valence-corrected chi connectivity index (χ2v) is 4.72. The molecule has 13 heavy (non-hydrogen) atoms. The Bertz CT molecular complexity index is 131. The van der Waals surface area contributed by atoms with Gasteiger partial charge in [0.15, 0.2) is 0 Å². The summed E-state index contributed by atoms with van der Waals surface area (Å²) in [6.07, 6.45) is 9.94. The van der Waals surface area contributed by atoms with E-state index in [0.717, 1.165) is 11.8 Å². The van der Waals surface area contributed by atoms with Crippen LogP contribution in [0.25, 0.3) is 0 Å². The summed E-state index contributed by atoms with van der Waals surface area (Å²) in [6, 6.07) is 0.445. The van der Waals surface area contributed by atoms with Crippen molar-refractivity contribution < 1.29 is 0 Å². The third-order valence-corrected chi connectivity index (χ3v) is 3.33. The van der Waals surface area contributed by atoms with Crippen LogP contribution in [-0.2, 0) is 0 Å². The van der Waals surface area contributed by atoms with Crippen molar-refractivity contribution in [3.63, 3.8) is 0 Å². The van der Waals surface area contributed by atoms with Crippen LogP contribution >= 0.6 is 0 Å². The van der Waals surface area contributed by atoms with E-state index < -0.39 is 0 Å². The smallest absolute Gasteiger partial charge is 0.00415 e. The maximum atomic E-state index is 5.84. The molecule has 3 unspecified atom stereocenters. The van der Waals surface area contributed by atoms with Gasteiger partial charge in [-0.25, -0.2) is 0 Å². The van der Waals surface area contributed by atoms with Gasteiger partial charge in [-0.15, -0.1) is 0 Å². The highest BCUT2D eigenvalue weighted by atomic mass is 14.7. The van der Waals surface area contributed by atoms with Crippen molar-refractivity contribution in [2.45, 2.75) is 64.8 Å². The number of nitrogens with two attached hydrogens (primary N) is 1. The van der Waals surface area contributed by atoms with E-state index in [0.29, 0.717) is 6.04 Å². The molecule has 0 aromatic carbocycles. The average Bonchev–Trinajstić information content (AvgIpc) is 2.83. The van der Waals surface area contributed by atoms with Crippen LogP contribution < -0.4 is 5.73 Å². The summed E-state index contributed by atoms with van der Waals surface area (Å²) in [7, 11) is 0. The Morgan fingerprint density at radius 1 is 1.23 bits per heavy atom. The van der Waals surface area contributed by atoms with Gasteiger partial charge in [0.25, 0.3) is 0 Å². The van der Waals surface area contributed by atoms with Crippen LogP contribution in [0.4, 0.5) is 0 Å². The van der Waals surface area contributed by atoms with Crippen LogP contribution in [0.15, 0.2) is 0 Å². The summed E-state index contributed by atoms with van der Waals surface area (Å²) in [6.45, 7) is 4.43. The van der Waals surface area contributed by atoms with Gasteiger partial charge in [-0.3, -0.25) is 0 Å². The first kappa shape index (κ1) is 11.0. The Hall–Kier alpha value is -0.0400. The first-order valence-corrected chi connectivity index (χ1v) is 6.01. The number of rotatable bonds is 7. The van der Waals surface area contributed by atoms with Crippen LogP contribution in [0.1, 0.15) is 58.8 Å². The predicted octanol–water partition coefficient (Wildman–Crippen LogP) is 3.33. The lowest BCUT2D eigenvalue weighted by atomic mass is 10.1. The van der Waals surface area contributed by atoms with Crippen LogP contribution in [0.2, 0.25) is 0 Å². The highest BCUT2D eigenvalue weighted by Crippen LogP contribution is 2.44. The second kappa shape index (κ2) is 5.64. The van der Waals surface area contributed by atoms with Crippen LogP contribution in [-0.4, -0.2) is 6.04 Å². The summed E-state index contributed by atoms with van der Waals surface area (Å²) >= 11 is 0. The maximum Gasteiger partial charge on any atom is 0.00415 e. The zero-order chi connectivity index (χ0) is 9.68. The van der Waals surface area contributed by atoms with E-state index in [-0.39, 0.29) is 0 Å². The Kier molecular flexibility index (Phi) is 4.79. The molecule has 0 radical (unpaired) electrons. The average molecular weight is 183 g/mol. The lowest BCUT2D eigenvalue weighted by Crippen LogP contribution is -2.18. The van der Waals surface area contributed by atoms with Crippen molar-refractivity contribution in [2.75, 3.05) is 0 Å². The highest BCUT2D eigenvalue weighted by molar-refractivity contribution is 4.91. The van der Waals surface area contributed by atoms with Crippen molar-refractivity contribution in [1.82, 2.24) is 0 Å². The van der Waals surface area contributed by atoms with E-state index in [1.807, 2.05) is 0 Å². The second-order valence-electron chi connectivity index (χ2n) is 4.72. The molecule has 2 N–H and O–H groups in total. The van der Waals surface area contributed by atoms with Crippen molar-refractivity contribution in [3.8, 4) is 0 Å². The summed E-state index contributed by atoms with van der Waals surface area (Å²) in [5, 5.41) is 0. The molecule has 78 valence electrons. The molecule has 1 aliphatic carbocycles. The fraction of sp³-hybridized carbons (Fsp3) is 1.00. The predicted molar refractivity (Wildman–Crippen MR) is 58.6 cm³/mol. The molecular weight excluding hydrogens is 158 g/mol. The van der Waals surface area contributed by atoms with Gasteiger partial charge in [0.05, 0.1) is 0 Å². The van der Waals surface area contributed by atoms with E-state index in [4.69, 9.17) is 5.73 Å². The van der Waals surface area contributed by atoms with Gasteiger partial charge < -0.3 is 5.73 Å². The minimum Gasteiger partial charge on any atom is -0.328 e. The van der Waals surface area contributed by atoms with Crippen molar-refractivity contribution in [1.29, 1.82) is 0 Å². The van der Waals surface area contributed by atoms with Crippen molar-refractivity contribution in [3.05, 3.63) is 0 Å². The summed E-state index contributed by atoms with van der Waals surface area (Å²) in [4.78, 5) is 0. The highest BCUT2D eigenvalue weighted by Gasteiger charge is 2.38. The summed E-state index contributed by atoms with van der Waals surface area (Å²) in [5.74, 6) is 1.85. The van der Waals surface area contributed by atoms with Crippen LogP contribution in [0.5, 0.6) is 0 Å². The minimum absolute atomic E-state index is 0.445. The number of hydrogen-bond donors (Lipinski definition) is 1. The lowest BCUT2D eigenvalue weighted by Gasteiger charge is -2.03. The summed E-state index contributed by atoms with van der Waals surface area (Å²) < 4.78 is 0. The normalized spacial score (nSPS) is 28.8. The SMILES string of the molecule is CCCCCCCC1CC1C(C)N. The molecule has 0 heterocycles. The Morgan fingerprint density at radius 3 is 2.46 bits per heavy atom. The molecule has 0 aliphatic heterocycles. The Balaban J connectivity index is 1.86. The van der Waals surface area contributed by atoms with Crippen molar-refractivity contribution >= 4 is 0 Å². The van der Waals surface area contributed by atoms with Gasteiger partial charge in [-0.1, -0.05) is 45.4 Å².